The van der Waals surface area contributed by atoms with E-state index < -0.39 is 36.4 Å². The highest BCUT2D eigenvalue weighted by Crippen LogP contribution is 2.29. The van der Waals surface area contributed by atoms with Crippen molar-refractivity contribution in [2.75, 3.05) is 13.2 Å². The van der Waals surface area contributed by atoms with Gasteiger partial charge in [-0.05, 0) is 23.8 Å². The lowest BCUT2D eigenvalue weighted by atomic mass is 10.1. The molecule has 0 spiro atoms. The highest BCUT2D eigenvalue weighted by atomic mass is 19.3. The third-order valence-corrected chi connectivity index (χ3v) is 3.00. The molecule has 0 saturated carbocycles. The SMILES string of the molecule is O=C1NC(=NCC(O)CO)N/C1=C\c1ccc(C(F)F)c(O)c1. The number of carbonyl (C=O) groups is 1. The van der Waals surface area contributed by atoms with Crippen LogP contribution in [0.1, 0.15) is 17.6 Å². The van der Waals surface area contributed by atoms with Gasteiger partial charge in [-0.3, -0.25) is 10.1 Å². The van der Waals surface area contributed by atoms with E-state index in [1.54, 1.807) is 0 Å². The molecule has 1 aliphatic rings. The summed E-state index contributed by atoms with van der Waals surface area (Å²) < 4.78 is 25.1. The minimum absolute atomic E-state index is 0.0992. The highest BCUT2D eigenvalue weighted by molar-refractivity contribution is 6.15. The molecule has 1 aliphatic heterocycles. The van der Waals surface area contributed by atoms with Gasteiger partial charge >= 0.3 is 0 Å². The Morgan fingerprint density at radius 2 is 2.04 bits per heavy atom. The van der Waals surface area contributed by atoms with Crippen molar-refractivity contribution in [1.29, 1.82) is 0 Å². The fourth-order valence-electron chi connectivity index (χ4n) is 1.83. The van der Waals surface area contributed by atoms with E-state index in [0.717, 1.165) is 12.1 Å². The third kappa shape index (κ3) is 4.24. The molecule has 1 heterocycles. The number of aliphatic hydroxyl groups is 2. The molecule has 23 heavy (non-hydrogen) atoms. The number of benzene rings is 1. The van der Waals surface area contributed by atoms with E-state index in [0.29, 0.717) is 5.56 Å². The first kappa shape index (κ1) is 16.8. The highest BCUT2D eigenvalue weighted by Gasteiger charge is 2.22. The van der Waals surface area contributed by atoms with E-state index in [-0.39, 0.29) is 18.2 Å². The summed E-state index contributed by atoms with van der Waals surface area (Å²) in [7, 11) is 0. The predicted molar refractivity (Wildman–Crippen MR) is 77.7 cm³/mol. The van der Waals surface area contributed by atoms with Gasteiger partial charge in [0.1, 0.15) is 11.4 Å². The van der Waals surface area contributed by atoms with E-state index >= 15 is 0 Å². The molecule has 0 aromatic heterocycles. The fourth-order valence-corrected chi connectivity index (χ4v) is 1.83. The average molecular weight is 327 g/mol. The molecule has 1 amide bonds. The van der Waals surface area contributed by atoms with Gasteiger partial charge in [-0.25, -0.2) is 13.8 Å². The molecule has 1 unspecified atom stereocenters. The molecule has 0 aliphatic carbocycles. The molecule has 5 N–H and O–H groups in total. The van der Waals surface area contributed by atoms with E-state index in [2.05, 4.69) is 15.6 Å². The Morgan fingerprint density at radius 1 is 1.30 bits per heavy atom. The number of phenolic OH excluding ortho intramolecular Hbond substituents is 1. The number of rotatable bonds is 5. The lowest BCUT2D eigenvalue weighted by Crippen LogP contribution is -2.27. The Bertz CT molecular complexity index is 661. The summed E-state index contributed by atoms with van der Waals surface area (Å²) in [4.78, 5) is 15.6. The van der Waals surface area contributed by atoms with Crippen molar-refractivity contribution in [3.63, 3.8) is 0 Å². The molecule has 1 aromatic carbocycles. The molecule has 2 rings (SSSR count). The Kier molecular flexibility index (Phi) is 5.24. The molecule has 1 saturated heterocycles. The van der Waals surface area contributed by atoms with Crippen LogP contribution in [0.4, 0.5) is 8.78 Å². The number of aromatic hydroxyl groups is 1. The number of aliphatic hydroxyl groups excluding tert-OH is 2. The quantitative estimate of drug-likeness (QED) is 0.492. The normalized spacial score (nSPS) is 19.3. The lowest BCUT2D eigenvalue weighted by Gasteiger charge is -2.04. The second-order valence-electron chi connectivity index (χ2n) is 4.78. The van der Waals surface area contributed by atoms with Gasteiger partial charge in [0.05, 0.1) is 24.8 Å². The molecule has 1 atom stereocenters. The molecule has 9 heteroatoms. The largest absolute Gasteiger partial charge is 0.507 e. The standard InChI is InChI=1S/C14H15F2N3O4/c15-12(16)9-2-1-7(4-11(9)22)3-10-13(23)19-14(18-10)17-5-8(21)6-20/h1-4,8,12,20-22H,5-6H2,(H2,17,18,19,23)/b10-3-. The zero-order valence-electron chi connectivity index (χ0n) is 11.8. The summed E-state index contributed by atoms with van der Waals surface area (Å²) in [6.07, 6.45) is -2.47. The van der Waals surface area contributed by atoms with Crippen molar-refractivity contribution in [3.05, 3.63) is 35.0 Å². The summed E-state index contributed by atoms with van der Waals surface area (Å²) in [5, 5.41) is 32.4. The number of amides is 1. The Labute approximate surface area is 130 Å². The molecule has 124 valence electrons. The summed E-state index contributed by atoms with van der Waals surface area (Å²) in [5.41, 5.74) is -0.0381. The van der Waals surface area contributed by atoms with Crippen LogP contribution in [0.2, 0.25) is 0 Å². The van der Waals surface area contributed by atoms with Crippen molar-refractivity contribution in [2.24, 2.45) is 4.99 Å². The van der Waals surface area contributed by atoms with E-state index in [1.165, 1.54) is 12.1 Å². The molecule has 1 aromatic rings. The predicted octanol–water partition coefficient (Wildman–Crippen LogP) is 0.0993. The van der Waals surface area contributed by atoms with E-state index in [4.69, 9.17) is 5.11 Å². The van der Waals surface area contributed by atoms with Crippen molar-refractivity contribution in [3.8, 4) is 5.75 Å². The zero-order chi connectivity index (χ0) is 17.0. The summed E-state index contributed by atoms with van der Waals surface area (Å²) in [5.74, 6) is -0.963. The number of hydrogen-bond donors (Lipinski definition) is 5. The minimum atomic E-state index is -2.79. The van der Waals surface area contributed by atoms with Crippen molar-refractivity contribution < 1.29 is 28.9 Å². The third-order valence-electron chi connectivity index (χ3n) is 3.00. The van der Waals surface area contributed by atoms with Gasteiger partial charge in [0.2, 0.25) is 5.96 Å². The van der Waals surface area contributed by atoms with Crippen molar-refractivity contribution >= 4 is 17.9 Å². The summed E-state index contributed by atoms with van der Waals surface area (Å²) in [6.45, 7) is -0.556. The number of alkyl halides is 2. The number of guanidine groups is 1. The van der Waals surface area contributed by atoms with Gasteiger partial charge in [0.25, 0.3) is 12.3 Å². The second-order valence-corrected chi connectivity index (χ2v) is 4.78. The molecule has 0 bridgehead atoms. The molecular formula is C14H15F2N3O4. The van der Waals surface area contributed by atoms with Crippen LogP contribution in [0.25, 0.3) is 6.08 Å². The van der Waals surface area contributed by atoms with Gasteiger partial charge in [0.15, 0.2) is 0 Å². The lowest BCUT2D eigenvalue weighted by molar-refractivity contribution is -0.115. The van der Waals surface area contributed by atoms with Gasteiger partial charge in [-0.1, -0.05) is 6.07 Å². The van der Waals surface area contributed by atoms with Crippen LogP contribution < -0.4 is 10.6 Å². The first-order chi connectivity index (χ1) is 10.9. The van der Waals surface area contributed by atoms with Crippen molar-refractivity contribution in [1.82, 2.24) is 10.6 Å². The number of phenols is 1. The Balaban J connectivity index is 2.14. The van der Waals surface area contributed by atoms with Crippen molar-refractivity contribution in [2.45, 2.75) is 12.5 Å². The number of hydrogen-bond acceptors (Lipinski definition) is 5. The van der Waals surface area contributed by atoms with Crippen LogP contribution in [-0.4, -0.2) is 46.4 Å². The van der Waals surface area contributed by atoms with Crippen LogP contribution in [0.15, 0.2) is 28.9 Å². The number of nitrogens with zero attached hydrogens (tertiary/aromatic N) is 1. The Hall–Kier alpha value is -2.52. The van der Waals surface area contributed by atoms with Crippen LogP contribution in [0, 0.1) is 0 Å². The van der Waals surface area contributed by atoms with Crippen LogP contribution >= 0.6 is 0 Å². The van der Waals surface area contributed by atoms with Crippen LogP contribution in [0.5, 0.6) is 5.75 Å². The van der Waals surface area contributed by atoms with E-state index in [9.17, 15) is 23.8 Å². The minimum Gasteiger partial charge on any atom is -0.507 e. The summed E-state index contributed by atoms with van der Waals surface area (Å²) >= 11 is 0. The second kappa shape index (κ2) is 7.16. The van der Waals surface area contributed by atoms with Gasteiger partial charge in [-0.2, -0.15) is 0 Å². The smallest absolute Gasteiger partial charge is 0.274 e. The Morgan fingerprint density at radius 3 is 2.65 bits per heavy atom. The number of carbonyl (C=O) groups excluding carboxylic acids is 1. The fraction of sp³-hybridized carbons (Fsp3) is 0.286. The van der Waals surface area contributed by atoms with Gasteiger partial charge in [-0.15, -0.1) is 0 Å². The molecule has 1 fully saturated rings. The molecular weight excluding hydrogens is 312 g/mol. The molecule has 0 radical (unpaired) electrons. The maximum absolute atomic E-state index is 12.6. The summed E-state index contributed by atoms with van der Waals surface area (Å²) in [6, 6.07) is 3.54. The average Bonchev–Trinajstić information content (AvgIpc) is 2.84. The molecule has 7 nitrogen and oxygen atoms in total. The zero-order valence-corrected chi connectivity index (χ0v) is 11.8. The monoisotopic (exact) mass is 327 g/mol. The van der Waals surface area contributed by atoms with Gasteiger partial charge in [0, 0.05) is 0 Å². The van der Waals surface area contributed by atoms with Crippen LogP contribution in [0.3, 0.4) is 0 Å². The number of halogens is 2. The number of aliphatic imine (C=N–C) groups is 1. The first-order valence-electron chi connectivity index (χ1n) is 6.65. The topological polar surface area (TPSA) is 114 Å². The van der Waals surface area contributed by atoms with Crippen LogP contribution in [-0.2, 0) is 4.79 Å². The maximum atomic E-state index is 12.6. The first-order valence-corrected chi connectivity index (χ1v) is 6.65. The van der Waals surface area contributed by atoms with Gasteiger partial charge < -0.3 is 20.6 Å². The number of nitrogens with one attached hydrogen (secondary N) is 2. The van der Waals surface area contributed by atoms with E-state index in [1.807, 2.05) is 0 Å². The maximum Gasteiger partial charge on any atom is 0.274 e.